The fourth-order valence-corrected chi connectivity index (χ4v) is 5.27. The number of benzene rings is 2. The fourth-order valence-electron chi connectivity index (χ4n) is 3.76. The second-order valence-electron chi connectivity index (χ2n) is 8.95. The van der Waals surface area contributed by atoms with E-state index in [1.165, 1.54) is 25.1 Å². The normalized spacial score (nSPS) is 18.2. The lowest BCUT2D eigenvalue weighted by molar-refractivity contribution is -0.196. The molecule has 1 heterocycles. The number of alkyl halides is 3. The Labute approximate surface area is 213 Å². The van der Waals surface area contributed by atoms with Crippen LogP contribution in [-0.2, 0) is 19.6 Å². The lowest BCUT2D eigenvalue weighted by atomic mass is 10.1. The van der Waals surface area contributed by atoms with Crippen molar-refractivity contribution in [1.29, 1.82) is 0 Å². The fraction of sp³-hybridized carbons (Fsp3) is 0.391. The van der Waals surface area contributed by atoms with Crippen LogP contribution in [0.4, 0.5) is 38.1 Å². The average Bonchev–Trinajstić information content (AvgIpc) is 3.64. The van der Waals surface area contributed by atoms with E-state index >= 15 is 0 Å². The van der Waals surface area contributed by atoms with E-state index in [4.69, 9.17) is 9.47 Å². The molecule has 206 valence electrons. The molecular weight excluding hydrogens is 541 g/mol. The number of anilines is 2. The molecule has 38 heavy (non-hydrogen) atoms. The van der Waals surface area contributed by atoms with Crippen LogP contribution < -0.4 is 19.7 Å². The third-order valence-electron chi connectivity index (χ3n) is 6.13. The highest BCUT2D eigenvalue weighted by molar-refractivity contribution is 7.92. The molecule has 2 aromatic rings. The van der Waals surface area contributed by atoms with Gasteiger partial charge in [0, 0.05) is 12.6 Å². The monoisotopic (exact) mass is 563 g/mol. The van der Waals surface area contributed by atoms with Gasteiger partial charge in [0.15, 0.2) is 11.6 Å². The number of carbonyl (C=O) groups excluding carboxylic acids is 2. The third-order valence-corrected chi connectivity index (χ3v) is 7.91. The van der Waals surface area contributed by atoms with Crippen LogP contribution in [0.3, 0.4) is 0 Å². The average molecular weight is 564 g/mol. The minimum atomic E-state index is -4.51. The zero-order valence-corrected chi connectivity index (χ0v) is 20.6. The molecule has 0 unspecified atom stereocenters. The van der Waals surface area contributed by atoms with Gasteiger partial charge in [-0.2, -0.15) is 13.2 Å². The number of fused-ring (bicyclic) bond motifs is 1. The van der Waals surface area contributed by atoms with Crippen LogP contribution in [0.25, 0.3) is 0 Å². The Balaban J connectivity index is 1.60. The molecule has 0 saturated heterocycles. The van der Waals surface area contributed by atoms with Crippen LogP contribution >= 0.6 is 0 Å². The molecule has 2 aromatic carbocycles. The Morgan fingerprint density at radius 2 is 1.84 bits per heavy atom. The first-order chi connectivity index (χ1) is 17.7. The molecule has 1 fully saturated rings. The maximum atomic E-state index is 13.8. The van der Waals surface area contributed by atoms with Crippen LogP contribution in [0, 0.1) is 17.0 Å². The molecule has 2 N–H and O–H groups in total. The van der Waals surface area contributed by atoms with Crippen LogP contribution in [0.1, 0.15) is 19.8 Å². The number of halogens is 5. The van der Waals surface area contributed by atoms with Crippen LogP contribution in [-0.4, -0.2) is 52.4 Å². The molecule has 4 rings (SSSR count). The maximum Gasteiger partial charge on any atom is 0.411 e. The van der Waals surface area contributed by atoms with Gasteiger partial charge in [0.1, 0.15) is 23.9 Å². The third kappa shape index (κ3) is 5.61. The molecule has 0 bridgehead atoms. The SMILES string of the molecule is CC(=O)NC[C@H]1CN(S(=O)(=O)c2ccc(F)c(F)c2)c2cc(NC(=O)OCC3(C(F)(F)F)CC3)ccc2O1. The predicted octanol–water partition coefficient (Wildman–Crippen LogP) is 3.95. The summed E-state index contributed by atoms with van der Waals surface area (Å²) in [7, 11) is -4.50. The molecule has 1 atom stereocenters. The number of carbonyl (C=O) groups is 2. The molecule has 1 aliphatic heterocycles. The molecule has 0 radical (unpaired) electrons. The van der Waals surface area contributed by atoms with E-state index in [-0.39, 0.29) is 43.1 Å². The molecule has 0 aromatic heterocycles. The van der Waals surface area contributed by atoms with Crippen molar-refractivity contribution < 1.29 is 49.4 Å². The number of hydrogen-bond donors (Lipinski definition) is 2. The minimum absolute atomic E-state index is 0.0192. The topological polar surface area (TPSA) is 114 Å². The second kappa shape index (κ2) is 9.93. The zero-order valence-electron chi connectivity index (χ0n) is 19.8. The summed E-state index contributed by atoms with van der Waals surface area (Å²) in [5, 5.41) is 4.76. The van der Waals surface area contributed by atoms with Gasteiger partial charge >= 0.3 is 12.3 Å². The van der Waals surface area contributed by atoms with Crippen molar-refractivity contribution in [3.8, 4) is 5.75 Å². The van der Waals surface area contributed by atoms with Gasteiger partial charge in [-0.05, 0) is 49.2 Å². The first-order valence-electron chi connectivity index (χ1n) is 11.3. The van der Waals surface area contributed by atoms with Crippen molar-refractivity contribution in [2.45, 2.75) is 36.9 Å². The highest BCUT2D eigenvalue weighted by Gasteiger charge is 2.64. The molecule has 1 aliphatic carbocycles. The second-order valence-corrected chi connectivity index (χ2v) is 10.8. The van der Waals surface area contributed by atoms with E-state index in [0.717, 1.165) is 10.4 Å². The summed E-state index contributed by atoms with van der Waals surface area (Å²) >= 11 is 0. The molecule has 1 saturated carbocycles. The Hall–Kier alpha value is -3.62. The molecule has 2 amide bonds. The van der Waals surface area contributed by atoms with Gasteiger partial charge in [-0.1, -0.05) is 0 Å². The van der Waals surface area contributed by atoms with E-state index in [1.807, 2.05) is 0 Å². The van der Waals surface area contributed by atoms with Crippen LogP contribution in [0.5, 0.6) is 5.75 Å². The van der Waals surface area contributed by atoms with E-state index < -0.39 is 62.9 Å². The predicted molar refractivity (Wildman–Crippen MR) is 123 cm³/mol. The van der Waals surface area contributed by atoms with Gasteiger partial charge in [-0.3, -0.25) is 14.4 Å². The first kappa shape index (κ1) is 27.4. The number of ether oxygens (including phenoxy) is 2. The highest BCUT2D eigenvalue weighted by Crippen LogP contribution is 2.57. The van der Waals surface area contributed by atoms with Gasteiger partial charge in [-0.15, -0.1) is 0 Å². The molecule has 2 aliphatic rings. The Morgan fingerprint density at radius 1 is 1.13 bits per heavy atom. The van der Waals surface area contributed by atoms with Crippen molar-refractivity contribution in [3.05, 3.63) is 48.0 Å². The van der Waals surface area contributed by atoms with E-state index in [9.17, 15) is 40.0 Å². The van der Waals surface area contributed by atoms with E-state index in [1.54, 1.807) is 0 Å². The van der Waals surface area contributed by atoms with Crippen molar-refractivity contribution in [2.75, 3.05) is 29.3 Å². The van der Waals surface area contributed by atoms with Crippen molar-refractivity contribution in [2.24, 2.45) is 5.41 Å². The number of hydrogen-bond acceptors (Lipinski definition) is 6. The molecular formula is C23H22F5N3O6S. The van der Waals surface area contributed by atoms with Crippen LogP contribution in [0.15, 0.2) is 41.3 Å². The lowest BCUT2D eigenvalue weighted by Crippen LogP contribution is -2.48. The number of nitrogens with one attached hydrogen (secondary N) is 2. The van der Waals surface area contributed by atoms with E-state index in [0.29, 0.717) is 12.1 Å². The quantitative estimate of drug-likeness (QED) is 0.494. The van der Waals surface area contributed by atoms with Crippen LogP contribution in [0.2, 0.25) is 0 Å². The van der Waals surface area contributed by atoms with Crippen molar-refractivity contribution in [3.63, 3.8) is 0 Å². The number of sulfonamides is 1. The summed E-state index contributed by atoms with van der Waals surface area (Å²) in [6, 6.07) is 5.83. The summed E-state index contributed by atoms with van der Waals surface area (Å²) in [5.74, 6) is -3.02. The number of nitrogens with zero attached hydrogens (tertiary/aromatic N) is 1. The van der Waals surface area contributed by atoms with Gasteiger partial charge < -0.3 is 14.8 Å². The van der Waals surface area contributed by atoms with Crippen molar-refractivity contribution in [1.82, 2.24) is 5.32 Å². The Kier molecular flexibility index (Phi) is 7.16. The van der Waals surface area contributed by atoms with E-state index in [2.05, 4.69) is 10.6 Å². The summed E-state index contributed by atoms with van der Waals surface area (Å²) in [6.45, 7) is -0.0380. The molecule has 0 spiro atoms. The summed E-state index contributed by atoms with van der Waals surface area (Å²) in [4.78, 5) is 22.9. The smallest absolute Gasteiger partial charge is 0.411 e. The summed E-state index contributed by atoms with van der Waals surface area (Å²) < 4.78 is 105. The standard InChI is InChI=1S/C23H22F5N3O6S/c1-13(32)29-10-15-11-31(38(34,35)16-3-4-17(24)18(25)9-16)19-8-14(2-5-20(19)37-15)30-21(33)36-12-22(6-7-22)23(26,27)28/h2-5,8-9,15H,6-7,10-12H2,1H3,(H,29,32)(H,30,33)/t15-/m0/s1. The largest absolute Gasteiger partial charge is 0.484 e. The van der Waals surface area contributed by atoms with Crippen molar-refractivity contribution >= 4 is 33.4 Å². The summed E-state index contributed by atoms with van der Waals surface area (Å²) in [6.07, 6.45) is -6.88. The Bertz CT molecular complexity index is 1360. The Morgan fingerprint density at radius 3 is 2.45 bits per heavy atom. The highest BCUT2D eigenvalue weighted by atomic mass is 32.2. The molecule has 9 nitrogen and oxygen atoms in total. The molecule has 15 heteroatoms. The maximum absolute atomic E-state index is 13.8. The van der Waals surface area contributed by atoms with Gasteiger partial charge in [-0.25, -0.2) is 22.0 Å². The lowest BCUT2D eigenvalue weighted by Gasteiger charge is -2.35. The first-order valence-corrected chi connectivity index (χ1v) is 12.7. The minimum Gasteiger partial charge on any atom is -0.484 e. The van der Waals surface area contributed by atoms with Gasteiger partial charge in [0.25, 0.3) is 10.0 Å². The van der Waals surface area contributed by atoms with Gasteiger partial charge in [0.2, 0.25) is 5.91 Å². The van der Waals surface area contributed by atoms with Gasteiger partial charge in [0.05, 0.1) is 23.7 Å². The summed E-state index contributed by atoms with van der Waals surface area (Å²) in [5.41, 5.74) is -2.19. The zero-order chi connectivity index (χ0) is 27.9. The number of rotatable bonds is 7. The number of amides is 2.